The summed E-state index contributed by atoms with van der Waals surface area (Å²) in [5, 5.41) is 42.4. The Morgan fingerprint density at radius 2 is 0.931 bits per heavy atom. The van der Waals surface area contributed by atoms with Gasteiger partial charge in [0.2, 0.25) is 0 Å². The highest BCUT2D eigenvalue weighted by atomic mass is 28.3. The van der Waals surface area contributed by atoms with E-state index in [-0.39, 0.29) is 47.6 Å². The van der Waals surface area contributed by atoms with Gasteiger partial charge in [-0.15, -0.1) is 0 Å². The SMILES string of the molecule is CC(CO)NC(=O)c1ccc2cc(-c3nn(COCC[Si](C)(C)C)c4c3CCC(C)(C)C4)n(COCC[Si](C)(C)C)c2c1.CC(N)CO.CC1(C)CCc2c(-c3cc4ccc(C(=O)O)cc4n3COCC[Si](C)(C)C)nn(COCC[Si](C)(C)C)c2C1. The zero-order chi connectivity index (χ0) is 64.5. The Morgan fingerprint density at radius 1 is 0.575 bits per heavy atom. The van der Waals surface area contributed by atoms with E-state index in [4.69, 9.17) is 40.0 Å². The molecule has 484 valence electrons. The van der Waals surface area contributed by atoms with Gasteiger partial charge in [-0.3, -0.25) is 4.79 Å². The predicted molar refractivity (Wildman–Crippen MR) is 366 cm³/mol. The van der Waals surface area contributed by atoms with Gasteiger partial charge in [-0.2, -0.15) is 10.2 Å². The summed E-state index contributed by atoms with van der Waals surface area (Å²) in [6.45, 7) is 45.8. The van der Waals surface area contributed by atoms with Crippen molar-refractivity contribution in [2.24, 2.45) is 16.6 Å². The molecular weight excluding hydrogens is 1160 g/mol. The van der Waals surface area contributed by atoms with E-state index in [2.05, 4.69) is 142 Å². The van der Waals surface area contributed by atoms with E-state index in [0.29, 0.717) is 45.7 Å². The van der Waals surface area contributed by atoms with Crippen molar-refractivity contribution in [2.45, 2.75) is 222 Å². The number of hydrogen-bond donors (Lipinski definition) is 5. The first-order chi connectivity index (χ1) is 40.5. The molecule has 2 aromatic carbocycles. The number of nitrogens with two attached hydrogens (primary N) is 1. The number of benzene rings is 2. The van der Waals surface area contributed by atoms with Gasteiger partial charge in [0.1, 0.15) is 38.3 Å². The van der Waals surface area contributed by atoms with E-state index < -0.39 is 38.3 Å². The maximum Gasteiger partial charge on any atom is 0.335 e. The van der Waals surface area contributed by atoms with Crippen molar-refractivity contribution in [1.82, 2.24) is 34.0 Å². The Balaban J connectivity index is 0.000000259. The molecule has 0 aliphatic heterocycles. The molecule has 2 aliphatic carbocycles. The first-order valence-corrected chi connectivity index (χ1v) is 46.6. The second kappa shape index (κ2) is 30.1. The van der Waals surface area contributed by atoms with Crippen LogP contribution in [0.15, 0.2) is 48.5 Å². The van der Waals surface area contributed by atoms with Crippen molar-refractivity contribution in [2.75, 3.05) is 39.6 Å². The zero-order valence-corrected chi connectivity index (χ0v) is 60.5. The van der Waals surface area contributed by atoms with Gasteiger partial charge in [0.05, 0.1) is 41.2 Å². The number of aromatic carboxylic acids is 1. The van der Waals surface area contributed by atoms with Crippen molar-refractivity contribution < 1.29 is 43.9 Å². The molecule has 4 heterocycles. The van der Waals surface area contributed by atoms with E-state index in [1.807, 2.05) is 24.3 Å². The molecule has 87 heavy (non-hydrogen) atoms. The number of aliphatic hydroxyl groups is 2. The normalized spacial score (nSPS) is 15.7. The fraction of sp³-hybridized carbons (Fsp3) is 0.636. The number of carboxylic acids is 1. The Kier molecular flexibility index (Phi) is 24.7. The number of hydrogen-bond acceptors (Lipinski definition) is 11. The molecule has 0 saturated carbocycles. The third-order valence-corrected chi connectivity index (χ3v) is 23.1. The zero-order valence-electron chi connectivity index (χ0n) is 56.5. The molecular formula is C66H110N8O9Si4. The van der Waals surface area contributed by atoms with Gasteiger partial charge in [0.15, 0.2) is 0 Å². The van der Waals surface area contributed by atoms with Crippen LogP contribution >= 0.6 is 0 Å². The second-order valence-electron chi connectivity index (χ2n) is 31.1. The van der Waals surface area contributed by atoms with Crippen molar-refractivity contribution >= 4 is 66.0 Å². The van der Waals surface area contributed by atoms with E-state index in [9.17, 15) is 19.8 Å². The molecule has 17 nitrogen and oxygen atoms in total. The van der Waals surface area contributed by atoms with Crippen molar-refractivity contribution in [1.29, 1.82) is 0 Å². The topological polar surface area (TPSA) is 215 Å². The minimum absolute atomic E-state index is 0.0602. The number of carboxylic acid groups (broad SMARTS) is 1. The lowest BCUT2D eigenvalue weighted by Crippen LogP contribution is -2.34. The van der Waals surface area contributed by atoms with Crippen molar-refractivity contribution in [3.05, 3.63) is 82.2 Å². The van der Waals surface area contributed by atoms with Gasteiger partial charge in [-0.25, -0.2) is 14.2 Å². The third kappa shape index (κ3) is 21.3. The Bertz CT molecular complexity index is 3240. The molecule has 0 spiro atoms. The fourth-order valence-electron chi connectivity index (χ4n) is 10.6. The number of aromatic nitrogens is 6. The molecule has 2 unspecified atom stereocenters. The van der Waals surface area contributed by atoms with Gasteiger partial charge < -0.3 is 54.5 Å². The van der Waals surface area contributed by atoms with Crippen LogP contribution in [0.25, 0.3) is 44.6 Å². The maximum absolute atomic E-state index is 13.0. The van der Waals surface area contributed by atoms with Crippen LogP contribution in [0, 0.1) is 10.8 Å². The highest BCUT2D eigenvalue weighted by Gasteiger charge is 2.35. The van der Waals surface area contributed by atoms with E-state index >= 15 is 0 Å². The van der Waals surface area contributed by atoms with E-state index in [1.54, 1.807) is 26.0 Å². The van der Waals surface area contributed by atoms with Crippen LogP contribution in [-0.2, 0) is 71.6 Å². The first-order valence-electron chi connectivity index (χ1n) is 31.7. The van der Waals surface area contributed by atoms with Gasteiger partial charge in [-0.05, 0) is 124 Å². The lowest BCUT2D eigenvalue weighted by Gasteiger charge is -2.30. The van der Waals surface area contributed by atoms with E-state index in [0.717, 1.165) is 120 Å². The molecule has 0 saturated heterocycles. The smallest absolute Gasteiger partial charge is 0.335 e. The third-order valence-electron chi connectivity index (χ3n) is 16.3. The Morgan fingerprint density at radius 3 is 1.28 bits per heavy atom. The van der Waals surface area contributed by atoms with Crippen molar-refractivity contribution in [3.63, 3.8) is 0 Å². The number of fused-ring (bicyclic) bond motifs is 4. The Labute approximate surface area is 524 Å². The number of amides is 1. The lowest BCUT2D eigenvalue weighted by atomic mass is 9.76. The van der Waals surface area contributed by atoms with Crippen LogP contribution in [0.4, 0.5) is 0 Å². The minimum atomic E-state index is -1.25. The minimum Gasteiger partial charge on any atom is -0.478 e. The summed E-state index contributed by atoms with van der Waals surface area (Å²) in [7, 11) is -4.83. The molecule has 2 atom stereocenters. The average molecular weight is 1270 g/mol. The summed E-state index contributed by atoms with van der Waals surface area (Å²) < 4.78 is 33.4. The van der Waals surface area contributed by atoms with Gasteiger partial charge in [0.25, 0.3) is 5.91 Å². The number of carbonyl (C=O) groups excluding carboxylic acids is 1. The van der Waals surface area contributed by atoms with Crippen LogP contribution in [0.5, 0.6) is 0 Å². The molecule has 2 aliphatic rings. The van der Waals surface area contributed by atoms with Gasteiger partial charge in [-0.1, -0.05) is 118 Å². The fourth-order valence-corrected chi connectivity index (χ4v) is 13.6. The van der Waals surface area contributed by atoms with Crippen LogP contribution in [0.2, 0.25) is 103 Å². The van der Waals surface area contributed by atoms with Crippen LogP contribution in [0.3, 0.4) is 0 Å². The number of aliphatic hydroxyl groups excluding tert-OH is 2. The lowest BCUT2D eigenvalue weighted by molar-refractivity contribution is 0.0695. The molecule has 6 N–H and O–H groups in total. The quantitative estimate of drug-likeness (QED) is 0.0241. The summed E-state index contributed by atoms with van der Waals surface area (Å²) in [6.07, 6.45) is 6.07. The van der Waals surface area contributed by atoms with Gasteiger partial charge >= 0.3 is 5.97 Å². The molecule has 0 bridgehead atoms. The summed E-state index contributed by atoms with van der Waals surface area (Å²) >= 11 is 0. The monoisotopic (exact) mass is 1270 g/mol. The Hall–Kier alpha value is -4.53. The largest absolute Gasteiger partial charge is 0.478 e. The summed E-state index contributed by atoms with van der Waals surface area (Å²) in [6, 6.07) is 19.5. The molecule has 6 aromatic rings. The van der Waals surface area contributed by atoms with Crippen molar-refractivity contribution in [3.8, 4) is 22.8 Å². The summed E-state index contributed by atoms with van der Waals surface area (Å²) in [5.74, 6) is -1.12. The second-order valence-corrected chi connectivity index (χ2v) is 53.6. The average Bonchev–Trinajstić information content (AvgIpc) is 1.63. The molecule has 21 heteroatoms. The molecule has 1 amide bonds. The maximum atomic E-state index is 13.0. The predicted octanol–water partition coefficient (Wildman–Crippen LogP) is 13.4. The van der Waals surface area contributed by atoms with E-state index in [1.165, 1.54) is 22.5 Å². The number of nitrogens with zero attached hydrogens (tertiary/aromatic N) is 6. The number of nitrogens with one attached hydrogen (secondary N) is 1. The standard InChI is InChI=1S/C33H54N4O4Si2.C30H47N3O4Si2.C3H9NO/c1-24(21-38)34-32(39)26-11-10-25-18-29(36(28(25)19-26)22-40-14-16-42(4,5)6)31-27-12-13-33(2,3)20-30(27)37(35-31)23-41-15-17-43(7,8)9;1-30(2)12-11-24-27(19-30)33(21-37-14-16-39(6,7)8)31-28(24)26-17-22-9-10-23(29(34)35)18-25(22)32(26)20-36-13-15-38(3,4)5;1-3(4)2-5/h10-11,18-19,24,38H,12-17,20-23H2,1-9H3,(H,34,39);9-10,17-18H,11-16,19-21H2,1-8H3,(H,34,35);3,5H,2,4H2,1H3. The number of carbonyl (C=O) groups is 2. The first kappa shape index (κ1) is 71.5. The number of rotatable bonds is 27. The summed E-state index contributed by atoms with van der Waals surface area (Å²) in [4.78, 5) is 24.8. The van der Waals surface area contributed by atoms with Crippen LogP contribution < -0.4 is 11.1 Å². The molecule has 0 radical (unpaired) electrons. The molecule has 4 aromatic heterocycles. The van der Waals surface area contributed by atoms with Crippen LogP contribution in [-0.4, -0.2) is 140 Å². The summed E-state index contributed by atoms with van der Waals surface area (Å²) in [5.41, 5.74) is 17.2. The van der Waals surface area contributed by atoms with Crippen LogP contribution in [0.1, 0.15) is 97.6 Å². The highest BCUT2D eigenvalue weighted by Crippen LogP contribution is 2.43. The number of ether oxygens (including phenoxy) is 4. The highest BCUT2D eigenvalue weighted by molar-refractivity contribution is 6.77. The molecule has 8 rings (SSSR count). The van der Waals surface area contributed by atoms with Gasteiger partial charge in [0, 0.05) is 110 Å². The molecule has 0 fully saturated rings.